The van der Waals surface area contributed by atoms with E-state index in [2.05, 4.69) is 24.7 Å². The van der Waals surface area contributed by atoms with Crippen LogP contribution < -0.4 is 15.4 Å². The number of nitrogens with one attached hydrogen (secondary N) is 2. The number of carbonyl (C=O) groups excluding carboxylic acids is 2. The van der Waals surface area contributed by atoms with Gasteiger partial charge in [0.15, 0.2) is 0 Å². The lowest BCUT2D eigenvalue weighted by atomic mass is 9.96. The van der Waals surface area contributed by atoms with Crippen LogP contribution in [0.3, 0.4) is 0 Å². The van der Waals surface area contributed by atoms with Crippen molar-refractivity contribution >= 4 is 35.0 Å². The van der Waals surface area contributed by atoms with Gasteiger partial charge in [0.2, 0.25) is 5.91 Å². The van der Waals surface area contributed by atoms with Crippen LogP contribution in [0.5, 0.6) is 5.75 Å². The molecule has 1 unspecified atom stereocenters. The minimum atomic E-state index is -0.454. The number of hydrogen-bond acceptors (Lipinski definition) is 6. The molecule has 3 fully saturated rings. The van der Waals surface area contributed by atoms with Gasteiger partial charge in [0.25, 0.3) is 0 Å². The summed E-state index contributed by atoms with van der Waals surface area (Å²) in [4.78, 5) is 25.9. The van der Waals surface area contributed by atoms with E-state index in [0.29, 0.717) is 64.8 Å². The number of epoxide rings is 1. The molecule has 0 saturated carbocycles. The highest BCUT2D eigenvalue weighted by molar-refractivity contribution is 6.33. The summed E-state index contributed by atoms with van der Waals surface area (Å²) in [6, 6.07) is 19.8. The van der Waals surface area contributed by atoms with E-state index in [-0.39, 0.29) is 25.0 Å². The predicted octanol–water partition coefficient (Wildman–Crippen LogP) is 5.77. The predicted molar refractivity (Wildman–Crippen MR) is 169 cm³/mol. The van der Waals surface area contributed by atoms with Gasteiger partial charge in [-0.15, -0.1) is 0 Å². The third-order valence-corrected chi connectivity index (χ3v) is 9.71. The minimum absolute atomic E-state index is 0.136. The second-order valence-corrected chi connectivity index (χ2v) is 12.8. The normalized spacial score (nSPS) is 24.2. The molecule has 3 aromatic rings. The number of halogens is 1. The van der Waals surface area contributed by atoms with Crippen LogP contribution in [0.4, 0.5) is 16.2 Å². The van der Waals surface area contributed by atoms with Gasteiger partial charge in [-0.3, -0.25) is 10.1 Å². The molecule has 3 heterocycles. The third kappa shape index (κ3) is 6.15. The quantitative estimate of drug-likeness (QED) is 0.196. The maximum atomic E-state index is 13.2. The van der Waals surface area contributed by atoms with Gasteiger partial charge in [0, 0.05) is 36.5 Å². The molecule has 3 aromatic carbocycles. The lowest BCUT2D eigenvalue weighted by molar-refractivity contribution is -0.938. The summed E-state index contributed by atoms with van der Waals surface area (Å²) in [6.07, 6.45) is 3.10. The number of anilines is 2. The number of aryl methyl sites for hydroxylation is 1. The van der Waals surface area contributed by atoms with Crippen LogP contribution >= 0.6 is 11.6 Å². The summed E-state index contributed by atoms with van der Waals surface area (Å²) in [5.74, 6) is 0.272. The van der Waals surface area contributed by atoms with Crippen molar-refractivity contribution in [1.82, 2.24) is 0 Å². The number of aliphatic hydroxyl groups excluding tert-OH is 1. The summed E-state index contributed by atoms with van der Waals surface area (Å²) < 4.78 is 18.1. The zero-order valence-electron chi connectivity index (χ0n) is 25.2. The molecule has 0 spiro atoms. The second-order valence-electron chi connectivity index (χ2n) is 12.4. The number of likely N-dealkylation sites (N-methyl/N-ethyl adjacent to an activating group) is 1. The fourth-order valence-electron chi connectivity index (χ4n) is 6.98. The van der Waals surface area contributed by atoms with Gasteiger partial charge < -0.3 is 29.1 Å². The minimum Gasteiger partial charge on any atom is -0.496 e. The molecule has 3 N–H and O–H groups in total. The van der Waals surface area contributed by atoms with Gasteiger partial charge in [-0.25, -0.2) is 4.79 Å². The molecule has 3 aliphatic heterocycles. The van der Waals surface area contributed by atoms with E-state index < -0.39 is 6.09 Å². The summed E-state index contributed by atoms with van der Waals surface area (Å²) in [5.41, 5.74) is 4.53. The average molecular weight is 621 g/mol. The van der Waals surface area contributed by atoms with E-state index in [9.17, 15) is 14.7 Å². The van der Waals surface area contributed by atoms with Gasteiger partial charge in [-0.2, -0.15) is 0 Å². The van der Waals surface area contributed by atoms with Crippen molar-refractivity contribution in [1.29, 1.82) is 0 Å². The number of methoxy groups -OCH3 is 1. The third-order valence-electron chi connectivity index (χ3n) is 9.40. The Morgan fingerprint density at radius 2 is 1.73 bits per heavy atom. The van der Waals surface area contributed by atoms with Gasteiger partial charge >= 0.3 is 6.09 Å². The first-order valence-electron chi connectivity index (χ1n) is 15.1. The van der Waals surface area contributed by atoms with Crippen molar-refractivity contribution < 1.29 is 33.4 Å². The maximum absolute atomic E-state index is 13.2. The second kappa shape index (κ2) is 12.4. The standard InChI is InChI=1S/C34H38ClN3O6/c1-38(2)28-16-23(17-29(38)33-32(28)44-33)43-34(41)37-26-14-20(12-13-24(26)21-9-5-4-6-10-21)8-7-11-31(40)36-27-18-30(42-3)22(19-39)15-25(27)35/h4-6,9-10,12-15,18,23,28-29,32-33,39H,7-8,11,16-17,19H2,1-3H3,(H-,36,37,40,41)/p+1/t23?,28-,29+,32-,33+. The molecule has 44 heavy (non-hydrogen) atoms. The number of quaternary nitrogens is 1. The average Bonchev–Trinajstić information content (AvgIpc) is 3.77. The Labute approximate surface area is 262 Å². The lowest BCUT2D eigenvalue weighted by Crippen LogP contribution is -2.60. The first-order valence-corrected chi connectivity index (χ1v) is 15.5. The molecule has 10 heteroatoms. The molecule has 6 rings (SSSR count). The highest BCUT2D eigenvalue weighted by Crippen LogP contribution is 2.51. The number of ether oxygens (including phenoxy) is 3. The van der Waals surface area contributed by atoms with Crippen LogP contribution in [0.25, 0.3) is 11.1 Å². The van der Waals surface area contributed by atoms with Crippen LogP contribution in [-0.4, -0.2) is 73.2 Å². The van der Waals surface area contributed by atoms with Gasteiger partial charge in [0.05, 0.1) is 44.2 Å². The molecule has 0 aromatic heterocycles. The van der Waals surface area contributed by atoms with Crippen molar-refractivity contribution in [2.75, 3.05) is 31.8 Å². The molecule has 3 saturated heterocycles. The molecule has 9 nitrogen and oxygen atoms in total. The van der Waals surface area contributed by atoms with Crippen LogP contribution in [0.1, 0.15) is 36.8 Å². The molecular weight excluding hydrogens is 582 g/mol. The number of nitrogens with zero attached hydrogens (tertiary/aromatic N) is 1. The van der Waals surface area contributed by atoms with E-state index in [4.69, 9.17) is 25.8 Å². The molecule has 5 atom stereocenters. The van der Waals surface area contributed by atoms with Gasteiger partial charge in [0.1, 0.15) is 36.1 Å². The number of aliphatic hydroxyl groups is 1. The SMILES string of the molecule is COc1cc(NC(=O)CCCc2ccc(-c3ccccc3)c(NC(=O)OC3C[C@@H]4[C@H]5O[C@H]5[C@H](C3)[N+]4(C)C)c2)c(Cl)cc1CO. The van der Waals surface area contributed by atoms with Crippen LogP contribution in [0, 0.1) is 0 Å². The number of hydrogen-bond donors (Lipinski definition) is 3. The fraction of sp³-hybridized carbons (Fsp3) is 0.412. The first kappa shape index (κ1) is 30.4. The van der Waals surface area contributed by atoms with Crippen molar-refractivity contribution in [2.45, 2.75) is 69.1 Å². The number of benzene rings is 3. The monoisotopic (exact) mass is 620 g/mol. The first-order chi connectivity index (χ1) is 21.2. The molecule has 0 radical (unpaired) electrons. The highest BCUT2D eigenvalue weighted by Gasteiger charge is 2.70. The van der Waals surface area contributed by atoms with E-state index in [1.807, 2.05) is 48.5 Å². The summed E-state index contributed by atoms with van der Waals surface area (Å²) in [6.45, 7) is -0.218. The van der Waals surface area contributed by atoms with Crippen molar-refractivity contribution in [3.63, 3.8) is 0 Å². The van der Waals surface area contributed by atoms with E-state index >= 15 is 0 Å². The zero-order valence-corrected chi connectivity index (χ0v) is 26.0. The number of fused-ring (bicyclic) bond motifs is 5. The lowest BCUT2D eigenvalue weighted by Gasteiger charge is -2.45. The van der Waals surface area contributed by atoms with Crippen LogP contribution in [0.15, 0.2) is 60.7 Å². The zero-order chi connectivity index (χ0) is 31.0. The molecule has 3 aliphatic rings. The molecule has 2 bridgehead atoms. The maximum Gasteiger partial charge on any atom is 0.411 e. The Kier molecular flexibility index (Phi) is 8.57. The van der Waals surface area contributed by atoms with Crippen LogP contribution in [-0.2, 0) is 27.3 Å². The summed E-state index contributed by atoms with van der Waals surface area (Å²) in [7, 11) is 6.00. The summed E-state index contributed by atoms with van der Waals surface area (Å²) >= 11 is 6.30. The highest BCUT2D eigenvalue weighted by atomic mass is 35.5. The number of rotatable bonds is 10. The molecular formula is C34H39ClN3O6+. The number of carbonyl (C=O) groups is 2. The number of amides is 2. The topological polar surface area (TPSA) is 109 Å². The number of piperidine rings is 1. The van der Waals surface area contributed by atoms with Crippen molar-refractivity contribution in [2.24, 2.45) is 0 Å². The van der Waals surface area contributed by atoms with Crippen molar-refractivity contribution in [3.8, 4) is 16.9 Å². The molecule has 232 valence electrons. The van der Waals surface area contributed by atoms with Crippen LogP contribution in [0.2, 0.25) is 5.02 Å². The van der Waals surface area contributed by atoms with E-state index in [1.54, 1.807) is 12.1 Å². The largest absolute Gasteiger partial charge is 0.496 e. The molecule has 0 aliphatic carbocycles. The Hall–Kier alpha value is -3.63. The van der Waals surface area contributed by atoms with Crippen molar-refractivity contribution in [3.05, 3.63) is 76.8 Å². The van der Waals surface area contributed by atoms with Gasteiger partial charge in [-0.05, 0) is 36.1 Å². The Morgan fingerprint density at radius 1 is 1.00 bits per heavy atom. The Balaban J connectivity index is 1.09. The van der Waals surface area contributed by atoms with Gasteiger partial charge in [-0.1, -0.05) is 54.1 Å². The van der Waals surface area contributed by atoms with E-state index in [1.165, 1.54) is 7.11 Å². The number of morpholine rings is 1. The smallest absolute Gasteiger partial charge is 0.411 e. The fourth-order valence-corrected chi connectivity index (χ4v) is 7.22. The Bertz CT molecular complexity index is 1530. The van der Waals surface area contributed by atoms with E-state index in [0.717, 1.165) is 34.0 Å². The molecule has 2 amide bonds. The summed E-state index contributed by atoms with van der Waals surface area (Å²) in [5, 5.41) is 15.7. The Morgan fingerprint density at radius 3 is 2.41 bits per heavy atom.